The molecule has 0 aliphatic rings. The van der Waals surface area contributed by atoms with Gasteiger partial charge in [0.2, 0.25) is 11.8 Å². The van der Waals surface area contributed by atoms with E-state index in [-0.39, 0.29) is 42.5 Å². The minimum Gasteiger partial charge on any atom is -0.367 e. The first-order valence-corrected chi connectivity index (χ1v) is 16.1. The number of carbonyl (C=O) groups excluding carboxylic acids is 3. The van der Waals surface area contributed by atoms with Crippen LogP contribution in [-0.2, 0) is 20.7 Å². The Morgan fingerprint density at radius 3 is 2.38 bits per heavy atom. The van der Waals surface area contributed by atoms with Crippen molar-refractivity contribution in [3.8, 4) is 0 Å². The lowest BCUT2D eigenvalue weighted by molar-refractivity contribution is -0.127. The summed E-state index contributed by atoms with van der Waals surface area (Å²) in [4.78, 5) is 40.5. The van der Waals surface area contributed by atoms with Crippen LogP contribution < -0.4 is 16.0 Å². The Morgan fingerprint density at radius 1 is 1.04 bits per heavy atom. The molecule has 0 spiro atoms. The monoisotopic (exact) mass is 620 g/mol. The van der Waals surface area contributed by atoms with Crippen LogP contribution in [0.3, 0.4) is 0 Å². The number of benzene rings is 1. The number of nitrogens with zero attached hydrogens (tertiary/aromatic N) is 1. The minimum absolute atomic E-state index is 0.0288. The van der Waals surface area contributed by atoms with Gasteiger partial charge in [-0.05, 0) is 63.0 Å². The van der Waals surface area contributed by atoms with Gasteiger partial charge in [-0.25, -0.2) is 4.79 Å². The zero-order chi connectivity index (χ0) is 33.6. The van der Waals surface area contributed by atoms with Crippen LogP contribution in [0, 0.1) is 5.92 Å². The highest BCUT2D eigenvalue weighted by Gasteiger charge is 2.29. The van der Waals surface area contributed by atoms with E-state index in [4.69, 9.17) is 4.74 Å². The average molecular weight is 621 g/mol. The Kier molecular flexibility index (Phi) is 19.6. The number of ether oxygens (including phenoxy) is 1. The predicted octanol–water partition coefficient (Wildman–Crippen LogP) is 6.28. The maximum atomic E-state index is 13.5. The van der Waals surface area contributed by atoms with E-state index in [0.29, 0.717) is 38.8 Å². The van der Waals surface area contributed by atoms with Crippen molar-refractivity contribution in [3.05, 3.63) is 96.7 Å². The molecule has 0 saturated heterocycles. The van der Waals surface area contributed by atoms with E-state index in [9.17, 15) is 14.4 Å². The summed E-state index contributed by atoms with van der Waals surface area (Å²) < 4.78 is 5.69. The normalized spacial score (nSPS) is 14.4. The molecule has 8 heteroatoms. The van der Waals surface area contributed by atoms with Crippen LogP contribution in [0.5, 0.6) is 0 Å². The van der Waals surface area contributed by atoms with Crippen LogP contribution in [-0.4, -0.2) is 67.7 Å². The lowest BCUT2D eigenvalue weighted by Crippen LogP contribution is -2.53. The highest BCUT2D eigenvalue weighted by molar-refractivity contribution is 5.87. The van der Waals surface area contributed by atoms with E-state index in [2.05, 4.69) is 49.0 Å². The molecule has 1 aromatic carbocycles. The second-order valence-corrected chi connectivity index (χ2v) is 11.5. The van der Waals surface area contributed by atoms with E-state index >= 15 is 0 Å². The van der Waals surface area contributed by atoms with E-state index < -0.39 is 6.04 Å². The molecule has 0 bridgehead atoms. The zero-order valence-electron chi connectivity index (χ0n) is 28.3. The van der Waals surface area contributed by atoms with Crippen LogP contribution in [0.4, 0.5) is 4.79 Å². The first-order chi connectivity index (χ1) is 21.6. The summed E-state index contributed by atoms with van der Waals surface area (Å²) in [5, 5.41) is 9.16. The molecule has 45 heavy (non-hydrogen) atoms. The van der Waals surface area contributed by atoms with E-state index in [1.54, 1.807) is 13.1 Å². The van der Waals surface area contributed by atoms with Crippen LogP contribution in [0.25, 0.3) is 0 Å². The van der Waals surface area contributed by atoms with E-state index in [1.807, 2.05) is 75.4 Å². The minimum atomic E-state index is -0.614. The third kappa shape index (κ3) is 16.1. The number of urea groups is 1. The number of likely N-dealkylation sites (N-methyl/N-ethyl adjacent to an activating group) is 1. The molecular weight excluding hydrogens is 564 g/mol. The fraction of sp³-hybridized carbons (Fsp3) is 0.486. The van der Waals surface area contributed by atoms with Crippen LogP contribution in [0.2, 0.25) is 0 Å². The Bertz CT molecular complexity index is 1160. The van der Waals surface area contributed by atoms with Crippen molar-refractivity contribution in [2.45, 2.75) is 84.8 Å². The third-order valence-electron chi connectivity index (χ3n) is 7.43. The lowest BCUT2D eigenvalue weighted by Gasteiger charge is -2.32. The maximum Gasteiger partial charge on any atom is 0.317 e. The van der Waals surface area contributed by atoms with E-state index in [1.165, 1.54) is 4.90 Å². The Balaban J connectivity index is 3.13. The van der Waals surface area contributed by atoms with Gasteiger partial charge >= 0.3 is 6.03 Å². The zero-order valence-corrected chi connectivity index (χ0v) is 28.3. The smallest absolute Gasteiger partial charge is 0.317 e. The highest BCUT2D eigenvalue weighted by Crippen LogP contribution is 2.21. The Labute approximate surface area is 271 Å². The average Bonchev–Trinajstić information content (AvgIpc) is 3.00. The first kappa shape index (κ1) is 39.1. The van der Waals surface area contributed by atoms with Crippen LogP contribution >= 0.6 is 0 Å². The highest BCUT2D eigenvalue weighted by atomic mass is 16.5. The topological polar surface area (TPSA) is 99.8 Å². The second kappa shape index (κ2) is 22.6. The van der Waals surface area contributed by atoms with Crippen molar-refractivity contribution in [1.82, 2.24) is 20.9 Å². The molecule has 0 saturated carbocycles. The summed E-state index contributed by atoms with van der Waals surface area (Å²) in [6, 6.07) is 8.61. The summed E-state index contributed by atoms with van der Waals surface area (Å²) in [7, 11) is 1.64. The maximum absolute atomic E-state index is 13.5. The SMILES string of the molecule is C=C/C=C\C(=C)CC(NC(=O)COC/C(C)=C\C=C/CC)[C@@H](C)C[C@H](Cc1ccccc1)NC(=O)[C@H](CC)N(C)C(=O)NCC. The predicted molar refractivity (Wildman–Crippen MR) is 186 cm³/mol. The molecule has 1 rings (SSSR count). The molecular formula is C37H56N4O4. The molecule has 3 N–H and O–H groups in total. The van der Waals surface area contributed by atoms with Crippen molar-refractivity contribution in [2.75, 3.05) is 26.8 Å². The molecule has 0 heterocycles. The molecule has 0 radical (unpaired) electrons. The standard InChI is InChI=1S/C37H56N4O4/c1-9-13-16-20-29(6)26-45-27-35(42)40-33(23-28(5)19-14-10-2)30(7)24-32(25-31-21-17-15-18-22-31)39-36(43)34(11-3)41(8)37(44)38-12-4/h10,13-22,30,32-34H,2,5,9,11-12,23-27H2,1,3-4,6-8H3,(H,38,44)(H,39,43)(H,40,42)/b16-13-,19-14-,29-20-/t30-,32+,33?,34-/m0/s1. The van der Waals surface area contributed by atoms with Gasteiger partial charge in [0.1, 0.15) is 12.6 Å². The van der Waals surface area contributed by atoms with Gasteiger partial charge in [-0.1, -0.05) is 106 Å². The molecule has 8 nitrogen and oxygen atoms in total. The third-order valence-corrected chi connectivity index (χ3v) is 7.43. The fourth-order valence-electron chi connectivity index (χ4n) is 4.97. The largest absolute Gasteiger partial charge is 0.367 e. The van der Waals surface area contributed by atoms with Crippen LogP contribution in [0.1, 0.15) is 65.9 Å². The molecule has 4 amide bonds. The van der Waals surface area contributed by atoms with Gasteiger partial charge in [-0.3, -0.25) is 9.59 Å². The van der Waals surface area contributed by atoms with Crippen molar-refractivity contribution in [1.29, 1.82) is 0 Å². The summed E-state index contributed by atoms with van der Waals surface area (Å²) >= 11 is 0. The van der Waals surface area contributed by atoms with Crippen molar-refractivity contribution in [2.24, 2.45) is 5.92 Å². The van der Waals surface area contributed by atoms with Gasteiger partial charge in [0.05, 0.1) is 6.61 Å². The molecule has 0 aromatic heterocycles. The molecule has 4 atom stereocenters. The van der Waals surface area contributed by atoms with Gasteiger partial charge in [0, 0.05) is 25.7 Å². The number of hydrogen-bond donors (Lipinski definition) is 3. The quantitative estimate of drug-likeness (QED) is 0.141. The Hall–Kier alpha value is -3.91. The van der Waals surface area contributed by atoms with Gasteiger partial charge in [-0.2, -0.15) is 0 Å². The number of nitrogens with one attached hydrogen (secondary N) is 3. The molecule has 0 aliphatic heterocycles. The summed E-state index contributed by atoms with van der Waals surface area (Å²) in [5.74, 6) is -0.440. The van der Waals surface area contributed by atoms with Crippen molar-refractivity contribution >= 4 is 17.8 Å². The number of carbonyl (C=O) groups is 3. The van der Waals surface area contributed by atoms with Crippen molar-refractivity contribution in [3.63, 3.8) is 0 Å². The number of rotatable bonds is 21. The number of amides is 4. The fourth-order valence-corrected chi connectivity index (χ4v) is 4.97. The van der Waals surface area contributed by atoms with Crippen LogP contribution in [0.15, 0.2) is 91.1 Å². The number of hydrogen-bond acceptors (Lipinski definition) is 4. The summed E-state index contributed by atoms with van der Waals surface area (Å²) in [6.45, 7) is 18.6. The first-order valence-electron chi connectivity index (χ1n) is 16.1. The van der Waals surface area contributed by atoms with E-state index in [0.717, 1.165) is 23.1 Å². The molecule has 248 valence electrons. The van der Waals surface area contributed by atoms with Gasteiger partial charge in [0.25, 0.3) is 0 Å². The molecule has 0 aliphatic carbocycles. The second-order valence-electron chi connectivity index (χ2n) is 11.5. The molecule has 0 fully saturated rings. The summed E-state index contributed by atoms with van der Waals surface area (Å²) in [6.07, 6.45) is 14.6. The van der Waals surface area contributed by atoms with Gasteiger partial charge in [0.15, 0.2) is 0 Å². The molecule has 1 unspecified atom stereocenters. The van der Waals surface area contributed by atoms with Crippen molar-refractivity contribution < 1.29 is 19.1 Å². The van der Waals surface area contributed by atoms with Gasteiger partial charge in [-0.15, -0.1) is 0 Å². The number of allylic oxidation sites excluding steroid dienone is 6. The van der Waals surface area contributed by atoms with Gasteiger partial charge < -0.3 is 25.6 Å². The lowest BCUT2D eigenvalue weighted by atomic mass is 9.87. The molecule has 1 aromatic rings. The summed E-state index contributed by atoms with van der Waals surface area (Å²) in [5.41, 5.74) is 2.97. The Morgan fingerprint density at radius 2 is 1.76 bits per heavy atom.